The number of carbonyl (C=O) groups excluding carboxylic acids is 2. The Morgan fingerprint density at radius 3 is 2.52 bits per heavy atom. The molecule has 7 nitrogen and oxygen atoms in total. The van der Waals surface area contributed by atoms with Crippen LogP contribution in [0.3, 0.4) is 0 Å². The van der Waals surface area contributed by atoms with E-state index in [1.807, 2.05) is 18.7 Å². The summed E-state index contributed by atoms with van der Waals surface area (Å²) in [5, 5.41) is 3.05. The summed E-state index contributed by atoms with van der Waals surface area (Å²) in [5.74, 6) is 0.861. The zero-order valence-electron chi connectivity index (χ0n) is 18.0. The number of ether oxygens (including phenoxy) is 2. The average molecular weight is 408 g/mol. The normalized spacial score (nSPS) is 33.4. The molecule has 4 aliphatic rings. The smallest absolute Gasteiger partial charge is 0.225 e. The number of hydrogen-bond acceptors (Lipinski definition) is 5. The number of carbonyl (C=O) groups is 2. The number of nitrogens with one attached hydrogen (secondary N) is 1. The monoisotopic (exact) mass is 407 g/mol. The largest absolute Gasteiger partial charge is 0.381 e. The molecule has 4 aliphatic heterocycles. The molecular weight excluding hydrogens is 370 g/mol. The van der Waals surface area contributed by atoms with Crippen molar-refractivity contribution in [1.29, 1.82) is 0 Å². The lowest BCUT2D eigenvalue weighted by atomic mass is 9.84. The number of amides is 2. The van der Waals surface area contributed by atoms with Gasteiger partial charge in [0.25, 0.3) is 0 Å². The van der Waals surface area contributed by atoms with Gasteiger partial charge in [-0.25, -0.2) is 0 Å². The topological polar surface area (TPSA) is 71.1 Å². The van der Waals surface area contributed by atoms with Gasteiger partial charge in [-0.15, -0.1) is 0 Å². The van der Waals surface area contributed by atoms with Gasteiger partial charge in [0, 0.05) is 63.3 Å². The van der Waals surface area contributed by atoms with E-state index in [9.17, 15) is 9.59 Å². The predicted octanol–water partition coefficient (Wildman–Crippen LogP) is 1.41. The van der Waals surface area contributed by atoms with Gasteiger partial charge in [-0.2, -0.15) is 0 Å². The van der Waals surface area contributed by atoms with Crippen LogP contribution in [0.2, 0.25) is 0 Å². The third-order valence-corrected chi connectivity index (χ3v) is 7.16. The summed E-state index contributed by atoms with van der Waals surface area (Å²) >= 11 is 0. The molecule has 7 heteroatoms. The molecule has 0 unspecified atom stereocenters. The fourth-order valence-electron chi connectivity index (χ4n) is 5.87. The van der Waals surface area contributed by atoms with Gasteiger partial charge in [0.15, 0.2) is 0 Å². The number of fused-ring (bicyclic) bond motifs is 1. The fraction of sp³-hybridized carbons (Fsp3) is 0.909. The highest BCUT2D eigenvalue weighted by Crippen LogP contribution is 2.43. The second-order valence-electron chi connectivity index (χ2n) is 9.54. The van der Waals surface area contributed by atoms with Crippen LogP contribution < -0.4 is 5.32 Å². The van der Waals surface area contributed by atoms with Gasteiger partial charge >= 0.3 is 0 Å². The summed E-state index contributed by atoms with van der Waals surface area (Å²) in [7, 11) is 0. The van der Waals surface area contributed by atoms with Gasteiger partial charge in [0.05, 0.1) is 19.1 Å². The molecule has 4 atom stereocenters. The Kier molecular flexibility index (Phi) is 6.76. The fourth-order valence-corrected chi connectivity index (χ4v) is 5.87. The Labute approximate surface area is 174 Å². The molecule has 4 saturated heterocycles. The molecule has 0 bridgehead atoms. The van der Waals surface area contributed by atoms with Gasteiger partial charge in [-0.1, -0.05) is 0 Å². The lowest BCUT2D eigenvalue weighted by Gasteiger charge is -2.34. The molecule has 164 valence electrons. The zero-order chi connectivity index (χ0) is 20.4. The Bertz CT molecular complexity index is 587. The predicted molar refractivity (Wildman–Crippen MR) is 109 cm³/mol. The summed E-state index contributed by atoms with van der Waals surface area (Å²) in [6.45, 7) is 9.01. The van der Waals surface area contributed by atoms with Gasteiger partial charge in [0.2, 0.25) is 11.8 Å². The quantitative estimate of drug-likeness (QED) is 0.721. The van der Waals surface area contributed by atoms with Crippen LogP contribution in [-0.2, 0) is 19.1 Å². The molecule has 2 amide bonds. The first kappa shape index (κ1) is 21.1. The molecule has 0 aromatic carbocycles. The van der Waals surface area contributed by atoms with Gasteiger partial charge < -0.3 is 19.7 Å². The molecule has 4 fully saturated rings. The van der Waals surface area contributed by atoms with Crippen LogP contribution in [0.5, 0.6) is 0 Å². The van der Waals surface area contributed by atoms with Crippen molar-refractivity contribution in [1.82, 2.24) is 15.1 Å². The van der Waals surface area contributed by atoms with Crippen LogP contribution in [-0.4, -0.2) is 85.3 Å². The van der Waals surface area contributed by atoms with Crippen LogP contribution in [0.1, 0.15) is 52.4 Å². The van der Waals surface area contributed by atoms with Crippen molar-refractivity contribution >= 4 is 11.8 Å². The Hall–Kier alpha value is -1.18. The van der Waals surface area contributed by atoms with Crippen molar-refractivity contribution in [2.24, 2.45) is 11.8 Å². The molecule has 0 aromatic rings. The van der Waals surface area contributed by atoms with Crippen LogP contribution in [0.4, 0.5) is 0 Å². The highest BCUT2D eigenvalue weighted by molar-refractivity contribution is 5.77. The molecule has 29 heavy (non-hydrogen) atoms. The van der Waals surface area contributed by atoms with E-state index < -0.39 is 0 Å². The highest BCUT2D eigenvalue weighted by Gasteiger charge is 2.53. The number of likely N-dealkylation sites (tertiary alicyclic amines) is 2. The van der Waals surface area contributed by atoms with Crippen LogP contribution >= 0.6 is 0 Å². The molecule has 4 rings (SSSR count). The minimum Gasteiger partial charge on any atom is -0.381 e. The minimum absolute atomic E-state index is 0.0604. The summed E-state index contributed by atoms with van der Waals surface area (Å²) < 4.78 is 11.8. The van der Waals surface area contributed by atoms with E-state index in [0.717, 1.165) is 58.5 Å². The molecule has 0 saturated carbocycles. The number of hydrogen-bond donors (Lipinski definition) is 1. The van der Waals surface area contributed by atoms with Crippen LogP contribution in [0, 0.1) is 11.8 Å². The standard InChI is InChI=1S/C22H37N3O4/c1-15(2)23-20(26)11-16-13-25(17-5-9-28-10-6-17)18-14-29-19(22(16)18)12-21(27)24-7-3-4-8-24/h15-19,22H,3-14H2,1-2H3,(H,23,26)/t16-,18-,19+,22-/m1/s1. The van der Waals surface area contributed by atoms with E-state index in [2.05, 4.69) is 10.2 Å². The van der Waals surface area contributed by atoms with Gasteiger partial charge in [0.1, 0.15) is 0 Å². The third-order valence-electron chi connectivity index (χ3n) is 7.16. The molecular formula is C22H37N3O4. The summed E-state index contributed by atoms with van der Waals surface area (Å²) in [4.78, 5) is 29.9. The van der Waals surface area contributed by atoms with Crippen molar-refractivity contribution < 1.29 is 19.1 Å². The van der Waals surface area contributed by atoms with E-state index in [1.54, 1.807) is 0 Å². The van der Waals surface area contributed by atoms with E-state index in [4.69, 9.17) is 9.47 Å². The van der Waals surface area contributed by atoms with Crippen molar-refractivity contribution in [3.63, 3.8) is 0 Å². The maximum absolute atomic E-state index is 12.8. The lowest BCUT2D eigenvalue weighted by molar-refractivity contribution is -0.133. The van der Waals surface area contributed by atoms with Crippen molar-refractivity contribution in [3.8, 4) is 0 Å². The Morgan fingerprint density at radius 1 is 1.10 bits per heavy atom. The van der Waals surface area contributed by atoms with Crippen molar-refractivity contribution in [2.75, 3.05) is 39.5 Å². The molecule has 0 aromatic heterocycles. The molecule has 1 N–H and O–H groups in total. The zero-order valence-corrected chi connectivity index (χ0v) is 18.0. The number of nitrogens with zero attached hydrogens (tertiary/aromatic N) is 2. The van der Waals surface area contributed by atoms with E-state index in [0.29, 0.717) is 31.5 Å². The first-order valence-electron chi connectivity index (χ1n) is 11.5. The molecule has 0 spiro atoms. The summed E-state index contributed by atoms with van der Waals surface area (Å²) in [6.07, 6.45) is 5.24. The maximum Gasteiger partial charge on any atom is 0.225 e. The van der Waals surface area contributed by atoms with Gasteiger partial charge in [-0.3, -0.25) is 14.5 Å². The van der Waals surface area contributed by atoms with E-state index >= 15 is 0 Å². The average Bonchev–Trinajstić information content (AvgIpc) is 3.41. The second-order valence-corrected chi connectivity index (χ2v) is 9.54. The Balaban J connectivity index is 1.46. The molecule has 0 radical (unpaired) electrons. The Morgan fingerprint density at radius 2 is 1.83 bits per heavy atom. The maximum atomic E-state index is 12.8. The van der Waals surface area contributed by atoms with Crippen molar-refractivity contribution in [2.45, 2.75) is 76.6 Å². The first-order valence-corrected chi connectivity index (χ1v) is 11.5. The van der Waals surface area contributed by atoms with E-state index in [1.165, 1.54) is 0 Å². The minimum atomic E-state index is -0.0604. The molecule has 4 heterocycles. The van der Waals surface area contributed by atoms with Crippen LogP contribution in [0.25, 0.3) is 0 Å². The lowest BCUT2D eigenvalue weighted by Crippen LogP contribution is -2.44. The highest BCUT2D eigenvalue weighted by atomic mass is 16.5. The summed E-state index contributed by atoms with van der Waals surface area (Å²) in [6, 6.07) is 0.982. The first-order chi connectivity index (χ1) is 14.0. The van der Waals surface area contributed by atoms with Crippen molar-refractivity contribution in [3.05, 3.63) is 0 Å². The third kappa shape index (κ3) is 4.78. The number of rotatable bonds is 6. The second kappa shape index (κ2) is 9.31. The summed E-state index contributed by atoms with van der Waals surface area (Å²) in [5.41, 5.74) is 0. The molecule has 0 aliphatic carbocycles. The van der Waals surface area contributed by atoms with E-state index in [-0.39, 0.29) is 35.8 Å². The van der Waals surface area contributed by atoms with Gasteiger partial charge in [-0.05, 0) is 45.4 Å². The SMILES string of the molecule is CC(C)NC(=O)C[C@@H]1CN(C2CCOCC2)[C@@H]2CO[C@@H](CC(=O)N3CCCC3)[C@H]12. The van der Waals surface area contributed by atoms with Crippen LogP contribution in [0.15, 0.2) is 0 Å².